The van der Waals surface area contributed by atoms with Crippen molar-refractivity contribution in [3.63, 3.8) is 0 Å². The Morgan fingerprint density at radius 1 is 1.40 bits per heavy atom. The maximum Gasteiger partial charge on any atom is 0.270 e. The van der Waals surface area contributed by atoms with Crippen molar-refractivity contribution in [1.82, 2.24) is 14.6 Å². The molecule has 1 saturated heterocycles. The van der Waals surface area contributed by atoms with E-state index in [1.165, 1.54) is 11.3 Å². The number of sulfonamides is 1. The van der Waals surface area contributed by atoms with Crippen LogP contribution in [0, 0.1) is 0 Å². The van der Waals surface area contributed by atoms with Crippen molar-refractivity contribution in [2.45, 2.75) is 17.3 Å². The lowest BCUT2D eigenvalue weighted by Crippen LogP contribution is -2.52. The van der Waals surface area contributed by atoms with Crippen LogP contribution in [0.4, 0.5) is 0 Å². The van der Waals surface area contributed by atoms with Gasteiger partial charge in [0.25, 0.3) is 10.0 Å². The molecule has 1 atom stereocenters. The molecule has 0 saturated carbocycles. The van der Waals surface area contributed by atoms with E-state index in [-0.39, 0.29) is 22.8 Å². The third-order valence-corrected chi connectivity index (χ3v) is 6.65. The van der Waals surface area contributed by atoms with E-state index in [0.717, 1.165) is 10.2 Å². The minimum atomic E-state index is -3.47. The molecule has 2 aromatic rings. The SMILES string of the molecule is CC1CNCCN1S(=O)(=O)c1nc2ccccc2s1.Cl. The van der Waals surface area contributed by atoms with Crippen LogP contribution in [-0.4, -0.2) is 43.4 Å². The molecule has 20 heavy (non-hydrogen) atoms. The van der Waals surface area contributed by atoms with Crippen molar-refractivity contribution in [3.05, 3.63) is 24.3 Å². The number of rotatable bonds is 2. The van der Waals surface area contributed by atoms with Gasteiger partial charge >= 0.3 is 0 Å². The first kappa shape index (κ1) is 15.7. The van der Waals surface area contributed by atoms with Gasteiger partial charge in [-0.05, 0) is 19.1 Å². The Morgan fingerprint density at radius 2 is 2.15 bits per heavy atom. The van der Waals surface area contributed by atoms with E-state index in [9.17, 15) is 8.42 Å². The topological polar surface area (TPSA) is 62.3 Å². The van der Waals surface area contributed by atoms with Gasteiger partial charge < -0.3 is 5.32 Å². The average molecular weight is 334 g/mol. The van der Waals surface area contributed by atoms with E-state index >= 15 is 0 Å². The molecule has 0 bridgehead atoms. The third-order valence-electron chi connectivity index (χ3n) is 3.24. The van der Waals surface area contributed by atoms with Crippen LogP contribution in [0.5, 0.6) is 0 Å². The summed E-state index contributed by atoms with van der Waals surface area (Å²) in [4.78, 5) is 4.26. The van der Waals surface area contributed by atoms with E-state index in [0.29, 0.717) is 19.6 Å². The lowest BCUT2D eigenvalue weighted by Gasteiger charge is -2.31. The molecule has 1 unspecified atom stereocenters. The van der Waals surface area contributed by atoms with E-state index in [2.05, 4.69) is 10.3 Å². The second-order valence-electron chi connectivity index (χ2n) is 4.62. The highest BCUT2D eigenvalue weighted by Crippen LogP contribution is 2.28. The molecule has 0 amide bonds. The van der Waals surface area contributed by atoms with Gasteiger partial charge in [-0.3, -0.25) is 0 Å². The first-order valence-electron chi connectivity index (χ1n) is 6.17. The fourth-order valence-corrected chi connectivity index (χ4v) is 5.21. The van der Waals surface area contributed by atoms with Crippen molar-refractivity contribution >= 4 is 44.0 Å². The maximum atomic E-state index is 12.6. The van der Waals surface area contributed by atoms with Gasteiger partial charge in [0.2, 0.25) is 4.34 Å². The predicted octanol–water partition coefficient (Wildman–Crippen LogP) is 1.70. The summed E-state index contributed by atoms with van der Waals surface area (Å²) in [6, 6.07) is 7.46. The number of hydrogen-bond donors (Lipinski definition) is 1. The highest BCUT2D eigenvalue weighted by Gasteiger charge is 2.33. The summed E-state index contributed by atoms with van der Waals surface area (Å²) >= 11 is 1.24. The Labute approximate surface area is 128 Å². The lowest BCUT2D eigenvalue weighted by molar-refractivity contribution is 0.284. The van der Waals surface area contributed by atoms with Crippen molar-refractivity contribution in [2.24, 2.45) is 0 Å². The second-order valence-corrected chi connectivity index (χ2v) is 7.71. The summed E-state index contributed by atoms with van der Waals surface area (Å²) in [5.41, 5.74) is 0.744. The fraction of sp³-hybridized carbons (Fsp3) is 0.417. The number of para-hydroxylation sites is 1. The molecule has 5 nitrogen and oxygen atoms in total. The van der Waals surface area contributed by atoms with Crippen LogP contribution in [0.15, 0.2) is 28.6 Å². The molecule has 2 heterocycles. The highest BCUT2D eigenvalue weighted by atomic mass is 35.5. The molecule has 110 valence electrons. The summed E-state index contributed by atoms with van der Waals surface area (Å²) in [6.45, 7) is 3.79. The first-order chi connectivity index (χ1) is 9.09. The third kappa shape index (κ3) is 2.68. The zero-order valence-electron chi connectivity index (χ0n) is 10.9. The summed E-state index contributed by atoms with van der Waals surface area (Å²) < 4.78 is 27.9. The fourth-order valence-electron chi connectivity index (χ4n) is 2.24. The summed E-state index contributed by atoms with van der Waals surface area (Å²) in [5.74, 6) is 0. The standard InChI is InChI=1S/C12H15N3O2S2.ClH/c1-9-8-13-6-7-15(9)19(16,17)12-14-10-4-2-3-5-11(10)18-12;/h2-5,9,13H,6-8H2,1H3;1H. The molecule has 8 heteroatoms. The molecule has 1 aliphatic rings. The lowest BCUT2D eigenvalue weighted by atomic mass is 10.3. The van der Waals surface area contributed by atoms with Crippen LogP contribution < -0.4 is 5.32 Å². The number of halogens is 1. The van der Waals surface area contributed by atoms with E-state index in [4.69, 9.17) is 0 Å². The summed E-state index contributed by atoms with van der Waals surface area (Å²) in [6.07, 6.45) is 0. The summed E-state index contributed by atoms with van der Waals surface area (Å²) in [5, 5.41) is 3.19. The molecule has 1 aromatic carbocycles. The Hall–Kier alpha value is -0.730. The van der Waals surface area contributed by atoms with E-state index in [1.54, 1.807) is 4.31 Å². The number of nitrogens with one attached hydrogen (secondary N) is 1. The minimum Gasteiger partial charge on any atom is -0.314 e. The van der Waals surface area contributed by atoms with Crippen molar-refractivity contribution in [1.29, 1.82) is 0 Å². The Morgan fingerprint density at radius 3 is 2.85 bits per heavy atom. The Balaban J connectivity index is 0.00000147. The van der Waals surface area contributed by atoms with Crippen LogP contribution in [-0.2, 0) is 10.0 Å². The van der Waals surface area contributed by atoms with Gasteiger partial charge in [0.1, 0.15) is 0 Å². The van der Waals surface area contributed by atoms with E-state index < -0.39 is 10.0 Å². The molecule has 0 radical (unpaired) electrons. The molecular weight excluding hydrogens is 318 g/mol. The molecular formula is C12H16ClN3O2S2. The number of aromatic nitrogens is 1. The van der Waals surface area contributed by atoms with E-state index in [1.807, 2.05) is 31.2 Å². The largest absolute Gasteiger partial charge is 0.314 e. The molecule has 1 N–H and O–H groups in total. The first-order valence-corrected chi connectivity index (χ1v) is 8.43. The van der Waals surface area contributed by atoms with Crippen LogP contribution in [0.1, 0.15) is 6.92 Å². The Bertz CT molecular complexity index is 669. The van der Waals surface area contributed by atoms with Gasteiger partial charge in [-0.1, -0.05) is 12.1 Å². The smallest absolute Gasteiger partial charge is 0.270 e. The number of piperazine rings is 1. The van der Waals surface area contributed by atoms with Gasteiger partial charge in [-0.15, -0.1) is 23.7 Å². The van der Waals surface area contributed by atoms with Crippen molar-refractivity contribution in [2.75, 3.05) is 19.6 Å². The number of hydrogen-bond acceptors (Lipinski definition) is 5. The van der Waals surface area contributed by atoms with Gasteiger partial charge in [-0.2, -0.15) is 4.31 Å². The number of benzene rings is 1. The monoisotopic (exact) mass is 333 g/mol. The second kappa shape index (κ2) is 5.95. The number of nitrogens with zero attached hydrogens (tertiary/aromatic N) is 2. The van der Waals surface area contributed by atoms with Gasteiger partial charge in [0.05, 0.1) is 10.2 Å². The molecule has 1 aromatic heterocycles. The number of thiazole rings is 1. The molecule has 0 aliphatic carbocycles. The minimum absolute atomic E-state index is 0. The number of fused-ring (bicyclic) bond motifs is 1. The van der Waals surface area contributed by atoms with Crippen LogP contribution in [0.3, 0.4) is 0 Å². The van der Waals surface area contributed by atoms with Crippen LogP contribution >= 0.6 is 23.7 Å². The molecule has 1 aliphatic heterocycles. The normalized spacial score (nSPS) is 20.8. The highest BCUT2D eigenvalue weighted by molar-refractivity contribution is 7.91. The average Bonchev–Trinajstić information content (AvgIpc) is 2.83. The van der Waals surface area contributed by atoms with Gasteiger partial charge in [0, 0.05) is 25.7 Å². The zero-order valence-corrected chi connectivity index (χ0v) is 13.4. The van der Waals surface area contributed by atoms with Gasteiger partial charge in [-0.25, -0.2) is 13.4 Å². The zero-order chi connectivity index (χ0) is 13.5. The molecule has 3 rings (SSSR count). The maximum absolute atomic E-state index is 12.6. The predicted molar refractivity (Wildman–Crippen MR) is 83.1 cm³/mol. The van der Waals surface area contributed by atoms with Crippen LogP contribution in [0.2, 0.25) is 0 Å². The van der Waals surface area contributed by atoms with Crippen molar-refractivity contribution < 1.29 is 8.42 Å². The van der Waals surface area contributed by atoms with Crippen LogP contribution in [0.25, 0.3) is 10.2 Å². The summed E-state index contributed by atoms with van der Waals surface area (Å²) in [7, 11) is -3.47. The molecule has 0 spiro atoms. The van der Waals surface area contributed by atoms with Crippen molar-refractivity contribution in [3.8, 4) is 0 Å². The molecule has 1 fully saturated rings. The Kier molecular flexibility index (Phi) is 4.66. The quantitative estimate of drug-likeness (QED) is 0.908. The van der Waals surface area contributed by atoms with Gasteiger partial charge in [0.15, 0.2) is 0 Å².